The minimum atomic E-state index is 0.389. The number of pyridine rings is 1. The summed E-state index contributed by atoms with van der Waals surface area (Å²) in [4.78, 5) is 1.61. The molecule has 9 heteroatoms. The van der Waals surface area contributed by atoms with E-state index in [2.05, 4.69) is 40.2 Å². The number of nitrogens with one attached hydrogen (secondary N) is 1. The lowest BCUT2D eigenvalue weighted by molar-refractivity contribution is 0.338. The summed E-state index contributed by atoms with van der Waals surface area (Å²) in [5, 5.41) is 32.3. The van der Waals surface area contributed by atoms with Gasteiger partial charge < -0.3 is 5.32 Å². The third kappa shape index (κ3) is 3.98. The smallest absolute Gasteiger partial charge is 0.103 e. The molecule has 0 radical (unpaired) electrons. The largest absolute Gasteiger partial charge is 0.317 e. The fourth-order valence-corrected chi connectivity index (χ4v) is 5.56. The van der Waals surface area contributed by atoms with Crippen molar-refractivity contribution in [2.75, 3.05) is 13.1 Å². The molecule has 0 amide bonds. The summed E-state index contributed by atoms with van der Waals surface area (Å²) in [6, 6.07) is 12.1. The quantitative estimate of drug-likeness (QED) is 0.449. The second-order valence-corrected chi connectivity index (χ2v) is 9.50. The van der Waals surface area contributed by atoms with E-state index in [4.69, 9.17) is 16.7 Å². The molecule has 164 valence electrons. The van der Waals surface area contributed by atoms with Gasteiger partial charge in [0.2, 0.25) is 0 Å². The second-order valence-electron chi connectivity index (χ2n) is 7.98. The number of aromatic nitrogens is 4. The molecule has 1 N–H and O–H groups in total. The Kier molecular flexibility index (Phi) is 5.82. The van der Waals surface area contributed by atoms with Gasteiger partial charge in [-0.2, -0.15) is 20.7 Å². The molecule has 1 fully saturated rings. The van der Waals surface area contributed by atoms with Crippen LogP contribution in [0.5, 0.6) is 0 Å². The highest BCUT2D eigenvalue weighted by atomic mass is 35.5. The lowest BCUT2D eigenvalue weighted by Crippen LogP contribution is -2.30. The van der Waals surface area contributed by atoms with Crippen LogP contribution in [0, 0.1) is 29.6 Å². The monoisotopic (exact) mass is 473 g/mol. The second kappa shape index (κ2) is 8.92. The van der Waals surface area contributed by atoms with Crippen molar-refractivity contribution in [2.24, 2.45) is 0 Å². The molecule has 5 rings (SSSR count). The first-order valence-electron chi connectivity index (χ1n) is 10.6. The molecule has 1 saturated heterocycles. The predicted molar refractivity (Wildman–Crippen MR) is 127 cm³/mol. The third-order valence-corrected chi connectivity index (χ3v) is 7.33. The van der Waals surface area contributed by atoms with Gasteiger partial charge in [0.1, 0.15) is 12.1 Å². The molecular weight excluding hydrogens is 454 g/mol. The van der Waals surface area contributed by atoms with Gasteiger partial charge in [-0.05, 0) is 57.1 Å². The van der Waals surface area contributed by atoms with Crippen LogP contribution in [0.3, 0.4) is 0 Å². The van der Waals surface area contributed by atoms with E-state index >= 15 is 0 Å². The molecule has 3 aromatic heterocycles. The highest BCUT2D eigenvalue weighted by molar-refractivity contribution is 7.99. The summed E-state index contributed by atoms with van der Waals surface area (Å²) in [5.41, 5.74) is 4.79. The van der Waals surface area contributed by atoms with Gasteiger partial charge in [-0.15, -0.1) is 0 Å². The van der Waals surface area contributed by atoms with Gasteiger partial charge in [-0.25, -0.2) is 4.52 Å². The lowest BCUT2D eigenvalue weighted by atomic mass is 10.1. The van der Waals surface area contributed by atoms with Crippen LogP contribution in [-0.2, 0) is 0 Å². The lowest BCUT2D eigenvalue weighted by Gasteiger charge is -2.24. The first kappa shape index (κ1) is 21.5. The van der Waals surface area contributed by atoms with Crippen LogP contribution in [0.25, 0.3) is 16.6 Å². The van der Waals surface area contributed by atoms with Crippen molar-refractivity contribution in [1.29, 1.82) is 10.5 Å². The number of nitriles is 2. The Morgan fingerprint density at radius 2 is 1.85 bits per heavy atom. The summed E-state index contributed by atoms with van der Waals surface area (Å²) < 4.78 is 3.86. The van der Waals surface area contributed by atoms with Crippen LogP contribution in [0.2, 0.25) is 5.02 Å². The molecule has 1 aromatic carbocycles. The van der Waals surface area contributed by atoms with Crippen molar-refractivity contribution < 1.29 is 0 Å². The molecular formula is C24H20ClN7S. The first-order valence-corrected chi connectivity index (χ1v) is 11.8. The summed E-state index contributed by atoms with van der Waals surface area (Å²) in [7, 11) is 0. The Balaban J connectivity index is 1.62. The van der Waals surface area contributed by atoms with Gasteiger partial charge in [0, 0.05) is 37.8 Å². The molecule has 4 heterocycles. The number of nitrogens with zero attached hydrogens (tertiary/aromatic N) is 6. The zero-order chi connectivity index (χ0) is 22.9. The van der Waals surface area contributed by atoms with Crippen LogP contribution >= 0.6 is 23.4 Å². The van der Waals surface area contributed by atoms with E-state index in [1.807, 2.05) is 18.5 Å². The number of rotatable bonds is 4. The molecule has 0 spiro atoms. The van der Waals surface area contributed by atoms with Gasteiger partial charge in [0.05, 0.1) is 35.1 Å². The summed E-state index contributed by atoms with van der Waals surface area (Å²) in [6.07, 6.45) is 7.52. The summed E-state index contributed by atoms with van der Waals surface area (Å²) >= 11 is 7.51. The predicted octanol–water partition coefficient (Wildman–Crippen LogP) is 4.98. The molecule has 4 aromatic rings. The van der Waals surface area contributed by atoms with Crippen molar-refractivity contribution in [3.63, 3.8) is 0 Å². The average molecular weight is 474 g/mol. The van der Waals surface area contributed by atoms with Crippen molar-refractivity contribution in [1.82, 2.24) is 24.7 Å². The summed E-state index contributed by atoms with van der Waals surface area (Å²) in [5.74, 6) is 0. The van der Waals surface area contributed by atoms with Gasteiger partial charge in [-0.1, -0.05) is 23.4 Å². The minimum absolute atomic E-state index is 0.389. The van der Waals surface area contributed by atoms with E-state index in [1.54, 1.807) is 22.8 Å². The average Bonchev–Trinajstić information content (AvgIpc) is 3.44. The number of halogens is 1. The molecule has 7 nitrogen and oxygen atoms in total. The SMILES string of the molecule is Cc1c(-c2cc(Sc3ccc(Cl)cc3C#N)c3c(C#N)cnn3c2)cnn1C1CCNCC1. The highest BCUT2D eigenvalue weighted by Crippen LogP contribution is 2.38. The zero-order valence-electron chi connectivity index (χ0n) is 17.9. The molecule has 0 atom stereocenters. The van der Waals surface area contributed by atoms with E-state index in [1.165, 1.54) is 11.8 Å². The number of benzene rings is 1. The van der Waals surface area contributed by atoms with Crippen molar-refractivity contribution in [3.8, 4) is 23.3 Å². The van der Waals surface area contributed by atoms with Gasteiger partial charge in [0.25, 0.3) is 0 Å². The van der Waals surface area contributed by atoms with Crippen LogP contribution in [0.1, 0.15) is 35.7 Å². The Labute approximate surface area is 200 Å². The minimum Gasteiger partial charge on any atom is -0.317 e. The maximum absolute atomic E-state index is 9.63. The van der Waals surface area contributed by atoms with Crippen LogP contribution < -0.4 is 5.32 Å². The first-order chi connectivity index (χ1) is 16.1. The Morgan fingerprint density at radius 1 is 1.06 bits per heavy atom. The summed E-state index contributed by atoms with van der Waals surface area (Å²) in [6.45, 7) is 4.09. The third-order valence-electron chi connectivity index (χ3n) is 5.99. The molecule has 33 heavy (non-hydrogen) atoms. The van der Waals surface area contributed by atoms with Gasteiger partial charge in [0.15, 0.2) is 0 Å². The van der Waals surface area contributed by atoms with E-state index in [9.17, 15) is 10.5 Å². The zero-order valence-corrected chi connectivity index (χ0v) is 19.5. The molecule has 0 aliphatic carbocycles. The van der Waals surface area contributed by atoms with E-state index in [-0.39, 0.29) is 0 Å². The maximum atomic E-state index is 9.63. The van der Waals surface area contributed by atoms with E-state index in [0.717, 1.165) is 52.5 Å². The van der Waals surface area contributed by atoms with Crippen LogP contribution in [-0.4, -0.2) is 32.5 Å². The molecule has 0 unspecified atom stereocenters. The Hall–Kier alpha value is -3.30. The normalized spacial score (nSPS) is 14.3. The molecule has 0 saturated carbocycles. The number of hydrogen-bond donors (Lipinski definition) is 1. The van der Waals surface area contributed by atoms with Crippen molar-refractivity contribution in [2.45, 2.75) is 35.6 Å². The van der Waals surface area contributed by atoms with E-state index in [0.29, 0.717) is 27.7 Å². The molecule has 0 bridgehead atoms. The van der Waals surface area contributed by atoms with E-state index < -0.39 is 0 Å². The number of fused-ring (bicyclic) bond motifs is 1. The topological polar surface area (TPSA) is 94.7 Å². The fraction of sp³-hybridized carbons (Fsp3) is 0.250. The Morgan fingerprint density at radius 3 is 2.61 bits per heavy atom. The number of hydrogen-bond acceptors (Lipinski definition) is 6. The highest BCUT2D eigenvalue weighted by Gasteiger charge is 2.21. The van der Waals surface area contributed by atoms with Crippen molar-refractivity contribution >= 4 is 28.9 Å². The van der Waals surface area contributed by atoms with Gasteiger partial charge in [-0.3, -0.25) is 4.68 Å². The Bertz CT molecular complexity index is 1430. The van der Waals surface area contributed by atoms with Crippen LogP contribution in [0.4, 0.5) is 0 Å². The number of piperidine rings is 1. The van der Waals surface area contributed by atoms with Crippen LogP contribution in [0.15, 0.2) is 52.6 Å². The standard InChI is InChI=1S/C24H20ClN7S/c1-15-21(13-30-32(15)20-4-6-28-7-5-20)17-9-23(24-18(11-27)12-29-31(24)14-17)33-22-3-2-19(25)8-16(22)10-26/h2-3,8-9,12-14,20,28H,4-7H2,1H3. The maximum Gasteiger partial charge on any atom is 0.103 e. The van der Waals surface area contributed by atoms with Gasteiger partial charge >= 0.3 is 0 Å². The molecule has 1 aliphatic heterocycles. The fourth-order valence-electron chi connectivity index (χ4n) is 4.31. The molecule has 1 aliphatic rings. The van der Waals surface area contributed by atoms with Crippen molar-refractivity contribution in [3.05, 3.63) is 64.7 Å².